The van der Waals surface area contributed by atoms with E-state index in [4.69, 9.17) is 4.74 Å². The number of nitrogens with zero attached hydrogens (tertiary/aromatic N) is 4. The molecule has 0 amide bonds. The van der Waals surface area contributed by atoms with E-state index in [0.29, 0.717) is 6.61 Å². The fourth-order valence-corrected chi connectivity index (χ4v) is 3.11. The lowest BCUT2D eigenvalue weighted by Crippen LogP contribution is -2.40. The summed E-state index contributed by atoms with van der Waals surface area (Å²) in [6, 6.07) is 13.6. The topological polar surface area (TPSA) is 50.6 Å². The van der Waals surface area contributed by atoms with E-state index in [-0.39, 0.29) is 17.7 Å². The molecule has 0 bridgehead atoms. The minimum absolute atomic E-state index is 0.0140. The largest absolute Gasteiger partial charge is 0.377 e. The molecule has 0 N–H and O–H groups in total. The Bertz CT molecular complexity index is 843. The van der Waals surface area contributed by atoms with E-state index in [1.54, 1.807) is 12.1 Å². The molecule has 0 aliphatic carbocycles. The SMILES string of the molecule is CC(C)OCCN1CC=C(c2ccc(=O)n(C(C)C)n2)N1c1ccccc1. The molecule has 2 heterocycles. The Hall–Kier alpha value is -2.44. The van der Waals surface area contributed by atoms with Gasteiger partial charge in [0.15, 0.2) is 0 Å². The summed E-state index contributed by atoms with van der Waals surface area (Å²) in [7, 11) is 0. The van der Waals surface area contributed by atoms with Gasteiger partial charge in [-0.2, -0.15) is 5.10 Å². The van der Waals surface area contributed by atoms with Crippen LogP contribution < -0.4 is 10.6 Å². The molecule has 1 aliphatic heterocycles. The van der Waals surface area contributed by atoms with Crippen molar-refractivity contribution in [1.82, 2.24) is 14.8 Å². The monoisotopic (exact) mass is 368 g/mol. The summed E-state index contributed by atoms with van der Waals surface area (Å²) in [6.45, 7) is 10.2. The molecule has 6 nitrogen and oxygen atoms in total. The van der Waals surface area contributed by atoms with Gasteiger partial charge in [0.1, 0.15) is 5.69 Å². The molecule has 0 radical (unpaired) electrons. The molecule has 1 aromatic carbocycles. The molecule has 0 saturated heterocycles. The summed E-state index contributed by atoms with van der Waals surface area (Å²) >= 11 is 0. The Kier molecular flexibility index (Phi) is 6.08. The normalized spacial score (nSPS) is 15.0. The number of para-hydroxylation sites is 1. The lowest BCUT2D eigenvalue weighted by molar-refractivity contribution is 0.0626. The molecule has 0 atom stereocenters. The highest BCUT2D eigenvalue weighted by molar-refractivity contribution is 5.78. The Balaban J connectivity index is 1.92. The minimum Gasteiger partial charge on any atom is -0.377 e. The highest BCUT2D eigenvalue weighted by Gasteiger charge is 2.27. The highest BCUT2D eigenvalue weighted by Crippen LogP contribution is 2.31. The fourth-order valence-electron chi connectivity index (χ4n) is 3.11. The van der Waals surface area contributed by atoms with Crippen LogP contribution in [0.25, 0.3) is 5.70 Å². The average molecular weight is 368 g/mol. The van der Waals surface area contributed by atoms with Crippen molar-refractivity contribution < 1.29 is 4.74 Å². The average Bonchev–Trinajstić information content (AvgIpc) is 3.06. The van der Waals surface area contributed by atoms with Crippen molar-refractivity contribution in [2.75, 3.05) is 24.7 Å². The fraction of sp³-hybridized carbons (Fsp3) is 0.429. The summed E-state index contributed by atoms with van der Waals surface area (Å²) < 4.78 is 7.27. The first-order valence-electron chi connectivity index (χ1n) is 9.49. The van der Waals surface area contributed by atoms with Crippen molar-refractivity contribution in [3.63, 3.8) is 0 Å². The van der Waals surface area contributed by atoms with Crippen LogP contribution in [-0.2, 0) is 4.74 Å². The molecule has 27 heavy (non-hydrogen) atoms. The van der Waals surface area contributed by atoms with Crippen molar-refractivity contribution in [2.45, 2.75) is 39.8 Å². The molecule has 3 rings (SSSR count). The second-order valence-corrected chi connectivity index (χ2v) is 7.16. The zero-order valence-corrected chi connectivity index (χ0v) is 16.5. The van der Waals surface area contributed by atoms with E-state index < -0.39 is 0 Å². The standard InChI is InChI=1S/C21H28N4O2/c1-16(2)24-21(26)11-10-19(22-24)20-12-13-23(14-15-27-17(3)4)25(20)18-8-6-5-7-9-18/h5-12,16-17H,13-15H2,1-4H3. The van der Waals surface area contributed by atoms with Gasteiger partial charge in [0.25, 0.3) is 5.56 Å². The smallest absolute Gasteiger partial charge is 0.267 e. The van der Waals surface area contributed by atoms with E-state index in [1.807, 2.05) is 45.9 Å². The van der Waals surface area contributed by atoms with Crippen molar-refractivity contribution in [1.29, 1.82) is 0 Å². The summed E-state index contributed by atoms with van der Waals surface area (Å²) in [5.74, 6) is 0. The zero-order chi connectivity index (χ0) is 19.4. The van der Waals surface area contributed by atoms with Crippen LogP contribution in [-0.4, -0.2) is 40.6 Å². The molecule has 0 saturated carbocycles. The molecule has 1 aliphatic rings. The number of aromatic nitrogens is 2. The van der Waals surface area contributed by atoms with E-state index >= 15 is 0 Å². The van der Waals surface area contributed by atoms with Gasteiger partial charge in [0, 0.05) is 19.2 Å². The minimum atomic E-state index is -0.0826. The maximum atomic E-state index is 12.1. The third-order valence-electron chi connectivity index (χ3n) is 4.38. The van der Waals surface area contributed by atoms with Crippen molar-refractivity contribution in [3.05, 3.63) is 64.6 Å². The van der Waals surface area contributed by atoms with Crippen molar-refractivity contribution >= 4 is 11.4 Å². The summed E-state index contributed by atoms with van der Waals surface area (Å²) in [4.78, 5) is 12.1. The summed E-state index contributed by atoms with van der Waals surface area (Å²) in [5, 5.41) is 9.01. The highest BCUT2D eigenvalue weighted by atomic mass is 16.5. The van der Waals surface area contributed by atoms with E-state index in [1.165, 1.54) is 4.68 Å². The Labute approximate surface area is 160 Å². The third kappa shape index (κ3) is 4.46. The Morgan fingerprint density at radius 1 is 1.07 bits per heavy atom. The molecule has 144 valence electrons. The van der Waals surface area contributed by atoms with Gasteiger partial charge < -0.3 is 4.74 Å². The van der Waals surface area contributed by atoms with Crippen LogP contribution in [0.2, 0.25) is 0 Å². The predicted molar refractivity (Wildman–Crippen MR) is 108 cm³/mol. The molecule has 2 aromatic rings. The Morgan fingerprint density at radius 2 is 1.81 bits per heavy atom. The Morgan fingerprint density at radius 3 is 2.48 bits per heavy atom. The molecular weight excluding hydrogens is 340 g/mol. The van der Waals surface area contributed by atoms with E-state index in [2.05, 4.69) is 33.3 Å². The maximum absolute atomic E-state index is 12.1. The number of benzene rings is 1. The summed E-state index contributed by atoms with van der Waals surface area (Å²) in [6.07, 6.45) is 2.36. The number of rotatable bonds is 7. The van der Waals surface area contributed by atoms with Crippen LogP contribution in [0.3, 0.4) is 0 Å². The lowest BCUT2D eigenvalue weighted by atomic mass is 10.2. The van der Waals surface area contributed by atoms with Gasteiger partial charge in [-0.25, -0.2) is 9.69 Å². The van der Waals surface area contributed by atoms with Gasteiger partial charge in [-0.05, 0) is 52.0 Å². The van der Waals surface area contributed by atoms with Gasteiger partial charge in [-0.15, -0.1) is 0 Å². The van der Waals surface area contributed by atoms with Crippen LogP contribution >= 0.6 is 0 Å². The van der Waals surface area contributed by atoms with Gasteiger partial charge in [-0.3, -0.25) is 9.80 Å². The van der Waals surface area contributed by atoms with Crippen molar-refractivity contribution in [2.24, 2.45) is 0 Å². The molecule has 1 aromatic heterocycles. The molecule has 6 heteroatoms. The van der Waals surface area contributed by atoms with Gasteiger partial charge in [-0.1, -0.05) is 18.2 Å². The first-order chi connectivity index (χ1) is 13.0. The number of hydrogen-bond donors (Lipinski definition) is 0. The number of ether oxygens (including phenoxy) is 1. The van der Waals surface area contributed by atoms with Gasteiger partial charge >= 0.3 is 0 Å². The van der Waals surface area contributed by atoms with Gasteiger partial charge in [0.2, 0.25) is 0 Å². The first kappa shape index (κ1) is 19.3. The lowest BCUT2D eigenvalue weighted by Gasteiger charge is -2.32. The molecule has 0 unspecified atom stereocenters. The predicted octanol–water partition coefficient (Wildman–Crippen LogP) is 3.33. The van der Waals surface area contributed by atoms with Crippen LogP contribution in [0, 0.1) is 0 Å². The molecular formula is C21H28N4O2. The van der Waals surface area contributed by atoms with Gasteiger partial charge in [0.05, 0.1) is 30.1 Å². The second kappa shape index (κ2) is 8.50. The summed E-state index contributed by atoms with van der Waals surface area (Å²) in [5.41, 5.74) is 2.76. The van der Waals surface area contributed by atoms with E-state index in [0.717, 1.165) is 30.2 Å². The van der Waals surface area contributed by atoms with Crippen LogP contribution in [0.15, 0.2) is 53.3 Å². The quantitative estimate of drug-likeness (QED) is 0.750. The maximum Gasteiger partial charge on any atom is 0.267 e. The van der Waals surface area contributed by atoms with Crippen LogP contribution in [0.1, 0.15) is 39.4 Å². The number of anilines is 1. The van der Waals surface area contributed by atoms with Crippen LogP contribution in [0.5, 0.6) is 0 Å². The second-order valence-electron chi connectivity index (χ2n) is 7.16. The van der Waals surface area contributed by atoms with Crippen LogP contribution in [0.4, 0.5) is 5.69 Å². The third-order valence-corrected chi connectivity index (χ3v) is 4.38. The van der Waals surface area contributed by atoms with Crippen molar-refractivity contribution in [3.8, 4) is 0 Å². The van der Waals surface area contributed by atoms with E-state index in [9.17, 15) is 4.79 Å². The molecule has 0 fully saturated rings. The zero-order valence-electron chi connectivity index (χ0n) is 16.5. The molecule has 0 spiro atoms. The number of hydrazine groups is 1. The number of hydrogen-bond acceptors (Lipinski definition) is 5. The first-order valence-corrected chi connectivity index (χ1v) is 9.49.